The van der Waals surface area contributed by atoms with Crippen LogP contribution in [0.15, 0.2) is 60.3 Å². The third-order valence-corrected chi connectivity index (χ3v) is 4.63. The van der Waals surface area contributed by atoms with Gasteiger partial charge in [-0.1, -0.05) is 18.2 Å². The summed E-state index contributed by atoms with van der Waals surface area (Å²) in [7, 11) is 0. The fourth-order valence-electron chi connectivity index (χ4n) is 3.09. The first-order valence-corrected chi connectivity index (χ1v) is 9.12. The van der Waals surface area contributed by atoms with Crippen molar-refractivity contribution in [1.82, 2.24) is 4.90 Å². The summed E-state index contributed by atoms with van der Waals surface area (Å²) in [5.74, 6) is -1.12. The van der Waals surface area contributed by atoms with Gasteiger partial charge in [0, 0.05) is 38.1 Å². The number of hydrogen-bond acceptors (Lipinski definition) is 4. The lowest BCUT2D eigenvalue weighted by atomic mass is 10.2. The van der Waals surface area contributed by atoms with E-state index in [1.807, 2.05) is 4.90 Å². The molecule has 1 amide bonds. The Morgan fingerprint density at radius 1 is 1.07 bits per heavy atom. The standard InChI is InChI=1S/C21H18F4N4O/c22-18-6-1-2-7-19(18)29-10-8-28(9-11-29)14-15(13-26)20(30)27-17-5-3-4-16(12-17)21(23,24)25/h1-7,12,14H,8-11H2,(H,27,30)/b15-14-. The van der Waals surface area contributed by atoms with Gasteiger partial charge in [0.1, 0.15) is 17.5 Å². The van der Waals surface area contributed by atoms with Crippen molar-refractivity contribution >= 4 is 17.3 Å². The molecular weight excluding hydrogens is 400 g/mol. The molecule has 156 valence electrons. The zero-order chi connectivity index (χ0) is 21.7. The molecule has 9 heteroatoms. The van der Waals surface area contributed by atoms with Crippen LogP contribution in [0.5, 0.6) is 0 Å². The van der Waals surface area contributed by atoms with Gasteiger partial charge >= 0.3 is 6.18 Å². The third-order valence-electron chi connectivity index (χ3n) is 4.63. The molecule has 1 saturated heterocycles. The Morgan fingerprint density at radius 3 is 2.40 bits per heavy atom. The molecule has 30 heavy (non-hydrogen) atoms. The average Bonchev–Trinajstić information content (AvgIpc) is 2.72. The van der Waals surface area contributed by atoms with Gasteiger partial charge in [0.05, 0.1) is 11.3 Å². The monoisotopic (exact) mass is 418 g/mol. The molecule has 2 aromatic carbocycles. The van der Waals surface area contributed by atoms with Crippen LogP contribution in [0.4, 0.5) is 28.9 Å². The number of nitriles is 1. The number of anilines is 2. The summed E-state index contributed by atoms with van der Waals surface area (Å²) in [6, 6.07) is 12.4. The van der Waals surface area contributed by atoms with Crippen LogP contribution in [-0.2, 0) is 11.0 Å². The second kappa shape index (κ2) is 8.86. The smallest absolute Gasteiger partial charge is 0.373 e. The first kappa shape index (κ1) is 21.2. The highest BCUT2D eigenvalue weighted by Crippen LogP contribution is 2.30. The van der Waals surface area contributed by atoms with Crippen molar-refractivity contribution in [3.05, 3.63) is 71.7 Å². The van der Waals surface area contributed by atoms with Gasteiger partial charge in [0.2, 0.25) is 0 Å². The maximum absolute atomic E-state index is 13.9. The largest absolute Gasteiger partial charge is 0.416 e. The zero-order valence-electron chi connectivity index (χ0n) is 15.8. The van der Waals surface area contributed by atoms with E-state index in [0.29, 0.717) is 31.9 Å². The zero-order valence-corrected chi connectivity index (χ0v) is 15.8. The van der Waals surface area contributed by atoms with E-state index < -0.39 is 17.6 Å². The minimum absolute atomic E-state index is 0.0552. The van der Waals surface area contributed by atoms with E-state index in [1.54, 1.807) is 29.2 Å². The second-order valence-corrected chi connectivity index (χ2v) is 6.66. The van der Waals surface area contributed by atoms with E-state index >= 15 is 0 Å². The summed E-state index contributed by atoms with van der Waals surface area (Å²) >= 11 is 0. The fourth-order valence-corrected chi connectivity index (χ4v) is 3.09. The molecule has 0 bridgehead atoms. The van der Waals surface area contributed by atoms with E-state index in [0.717, 1.165) is 12.1 Å². The summed E-state index contributed by atoms with van der Waals surface area (Å²) in [5, 5.41) is 11.6. The van der Waals surface area contributed by atoms with Gasteiger partial charge in [-0.25, -0.2) is 4.39 Å². The Morgan fingerprint density at radius 2 is 1.77 bits per heavy atom. The Kier molecular flexibility index (Phi) is 6.26. The summed E-state index contributed by atoms with van der Waals surface area (Å²) in [4.78, 5) is 16.0. The quantitative estimate of drug-likeness (QED) is 0.463. The number of amides is 1. The summed E-state index contributed by atoms with van der Waals surface area (Å²) in [5.41, 5.74) is -0.692. The van der Waals surface area contributed by atoms with Crippen LogP contribution in [-0.4, -0.2) is 37.0 Å². The Bertz CT molecular complexity index is 989. The van der Waals surface area contributed by atoms with Gasteiger partial charge in [-0.15, -0.1) is 0 Å². The Hall–Kier alpha value is -3.54. The van der Waals surface area contributed by atoms with Crippen LogP contribution in [0, 0.1) is 17.1 Å². The number of alkyl halides is 3. The molecule has 2 aromatic rings. The number of halogens is 4. The maximum Gasteiger partial charge on any atom is 0.416 e. The van der Waals surface area contributed by atoms with Crippen molar-refractivity contribution in [1.29, 1.82) is 5.26 Å². The highest BCUT2D eigenvalue weighted by molar-refractivity contribution is 6.06. The van der Waals surface area contributed by atoms with E-state index in [9.17, 15) is 27.6 Å². The number of benzene rings is 2. The van der Waals surface area contributed by atoms with Crippen LogP contribution < -0.4 is 10.2 Å². The molecule has 1 aliphatic rings. The molecule has 1 fully saturated rings. The van der Waals surface area contributed by atoms with Crippen LogP contribution in [0.2, 0.25) is 0 Å². The van der Waals surface area contributed by atoms with Crippen molar-refractivity contribution in [3.8, 4) is 6.07 Å². The highest BCUT2D eigenvalue weighted by atomic mass is 19.4. The number of rotatable bonds is 4. The van der Waals surface area contributed by atoms with Gasteiger partial charge < -0.3 is 15.1 Å². The minimum atomic E-state index is -4.54. The molecular formula is C21H18F4N4O. The molecule has 1 aliphatic heterocycles. The second-order valence-electron chi connectivity index (χ2n) is 6.66. The maximum atomic E-state index is 13.9. The molecule has 0 radical (unpaired) electrons. The van der Waals surface area contributed by atoms with Crippen LogP contribution in [0.3, 0.4) is 0 Å². The summed E-state index contributed by atoms with van der Waals surface area (Å²) in [6.07, 6.45) is -3.16. The summed E-state index contributed by atoms with van der Waals surface area (Å²) in [6.45, 7) is 1.89. The molecule has 0 spiro atoms. The van der Waals surface area contributed by atoms with Crippen LogP contribution in [0.25, 0.3) is 0 Å². The molecule has 5 nitrogen and oxygen atoms in total. The van der Waals surface area contributed by atoms with Crippen molar-refractivity contribution < 1.29 is 22.4 Å². The van der Waals surface area contributed by atoms with Gasteiger partial charge in [0.25, 0.3) is 5.91 Å². The normalized spacial score (nSPS) is 15.0. The number of carbonyl (C=O) groups is 1. The molecule has 1 N–H and O–H groups in total. The highest BCUT2D eigenvalue weighted by Gasteiger charge is 2.30. The first-order valence-electron chi connectivity index (χ1n) is 9.12. The molecule has 0 saturated carbocycles. The van der Waals surface area contributed by atoms with E-state index in [-0.39, 0.29) is 17.1 Å². The molecule has 0 unspecified atom stereocenters. The first-order chi connectivity index (χ1) is 14.3. The fraction of sp³-hybridized carbons (Fsp3) is 0.238. The van der Waals surface area contributed by atoms with E-state index in [2.05, 4.69) is 5.32 Å². The summed E-state index contributed by atoms with van der Waals surface area (Å²) < 4.78 is 52.3. The predicted molar refractivity (Wildman–Crippen MR) is 104 cm³/mol. The van der Waals surface area contributed by atoms with Crippen molar-refractivity contribution in [2.24, 2.45) is 0 Å². The molecule has 3 rings (SSSR count). The number of carbonyl (C=O) groups excluding carboxylic acids is 1. The lowest BCUT2D eigenvalue weighted by molar-refractivity contribution is -0.137. The lowest BCUT2D eigenvalue weighted by Crippen LogP contribution is -2.44. The van der Waals surface area contributed by atoms with Crippen molar-refractivity contribution in [2.45, 2.75) is 6.18 Å². The van der Waals surface area contributed by atoms with Gasteiger partial charge in [0.15, 0.2) is 0 Å². The molecule has 0 aromatic heterocycles. The molecule has 0 atom stereocenters. The topological polar surface area (TPSA) is 59.4 Å². The van der Waals surface area contributed by atoms with Crippen LogP contribution in [0.1, 0.15) is 5.56 Å². The molecule has 0 aliphatic carbocycles. The Labute approximate surface area is 170 Å². The van der Waals surface area contributed by atoms with Crippen molar-refractivity contribution in [2.75, 3.05) is 36.4 Å². The van der Waals surface area contributed by atoms with Crippen LogP contribution >= 0.6 is 0 Å². The van der Waals surface area contributed by atoms with E-state index in [4.69, 9.17) is 0 Å². The minimum Gasteiger partial charge on any atom is -0.373 e. The van der Waals surface area contributed by atoms with Gasteiger partial charge in [-0.2, -0.15) is 18.4 Å². The SMILES string of the molecule is N#C/C(=C/N1CCN(c2ccccc2F)CC1)C(=O)Nc1cccc(C(F)(F)F)c1. The van der Waals surface area contributed by atoms with Gasteiger partial charge in [-0.3, -0.25) is 4.79 Å². The predicted octanol–water partition coefficient (Wildman–Crippen LogP) is 4.01. The van der Waals surface area contributed by atoms with Crippen molar-refractivity contribution in [3.63, 3.8) is 0 Å². The van der Waals surface area contributed by atoms with E-state index in [1.165, 1.54) is 24.4 Å². The lowest BCUT2D eigenvalue weighted by Gasteiger charge is -2.35. The molecule has 1 heterocycles. The number of nitrogens with one attached hydrogen (secondary N) is 1. The van der Waals surface area contributed by atoms with Gasteiger partial charge in [-0.05, 0) is 30.3 Å². The number of hydrogen-bond donors (Lipinski definition) is 1. The third kappa shape index (κ3) is 5.08. The Balaban J connectivity index is 1.64. The average molecular weight is 418 g/mol. The number of nitrogens with zero attached hydrogens (tertiary/aromatic N) is 3. The number of piperazine rings is 1. The number of para-hydroxylation sites is 1.